The Bertz CT molecular complexity index is 553. The van der Waals surface area contributed by atoms with Gasteiger partial charge in [0.15, 0.2) is 0 Å². The van der Waals surface area contributed by atoms with Gasteiger partial charge in [-0.3, -0.25) is 0 Å². The molecular formula is C18H22ClNO. The van der Waals surface area contributed by atoms with E-state index >= 15 is 0 Å². The summed E-state index contributed by atoms with van der Waals surface area (Å²) in [7, 11) is 1.70. The Balaban J connectivity index is 1.76. The number of benzene rings is 2. The average Bonchev–Trinajstić information content (AvgIpc) is 2.53. The molecule has 0 spiro atoms. The normalized spacial score (nSPS) is 12.1. The molecule has 1 N–H and O–H groups in total. The summed E-state index contributed by atoms with van der Waals surface area (Å²) in [5.41, 5.74) is 2.58. The average molecular weight is 304 g/mol. The number of ether oxygens (including phenoxy) is 1. The lowest BCUT2D eigenvalue weighted by atomic mass is 10.1. The molecule has 2 aromatic carbocycles. The fourth-order valence-electron chi connectivity index (χ4n) is 2.29. The van der Waals surface area contributed by atoms with Gasteiger partial charge >= 0.3 is 0 Å². The monoisotopic (exact) mass is 303 g/mol. The third kappa shape index (κ3) is 5.07. The maximum atomic E-state index is 5.88. The Morgan fingerprint density at radius 3 is 2.62 bits per heavy atom. The Kier molecular flexibility index (Phi) is 6.09. The highest BCUT2D eigenvalue weighted by Gasteiger charge is 2.05. The third-order valence-corrected chi connectivity index (χ3v) is 3.85. The lowest BCUT2D eigenvalue weighted by molar-refractivity contribution is 0.413. The largest absolute Gasteiger partial charge is 0.497 e. The number of aryl methyl sites for hydroxylation is 1. The van der Waals surface area contributed by atoms with Crippen LogP contribution in [0.1, 0.15) is 30.5 Å². The first-order chi connectivity index (χ1) is 10.2. The molecule has 0 radical (unpaired) electrons. The van der Waals surface area contributed by atoms with E-state index in [-0.39, 0.29) is 0 Å². The minimum absolute atomic E-state index is 0.324. The molecule has 0 amide bonds. The molecule has 0 saturated heterocycles. The zero-order valence-electron chi connectivity index (χ0n) is 12.6. The second-order valence-corrected chi connectivity index (χ2v) is 5.62. The smallest absolute Gasteiger partial charge is 0.119 e. The Morgan fingerprint density at radius 1 is 1.14 bits per heavy atom. The second-order valence-electron chi connectivity index (χ2n) is 5.18. The highest BCUT2D eigenvalue weighted by Crippen LogP contribution is 2.18. The van der Waals surface area contributed by atoms with Crippen LogP contribution >= 0.6 is 11.6 Å². The van der Waals surface area contributed by atoms with Gasteiger partial charge in [-0.15, -0.1) is 0 Å². The number of nitrogens with one attached hydrogen (secondary N) is 1. The van der Waals surface area contributed by atoms with Crippen molar-refractivity contribution < 1.29 is 4.74 Å². The van der Waals surface area contributed by atoms with Crippen LogP contribution in [0.3, 0.4) is 0 Å². The van der Waals surface area contributed by atoms with Crippen LogP contribution in [0.4, 0.5) is 0 Å². The van der Waals surface area contributed by atoms with Crippen molar-refractivity contribution in [3.8, 4) is 5.75 Å². The van der Waals surface area contributed by atoms with Crippen molar-refractivity contribution in [2.75, 3.05) is 13.7 Å². The van der Waals surface area contributed by atoms with Gasteiger partial charge in [0, 0.05) is 11.1 Å². The van der Waals surface area contributed by atoms with E-state index in [1.54, 1.807) is 7.11 Å². The maximum absolute atomic E-state index is 5.88. The summed E-state index contributed by atoms with van der Waals surface area (Å²) in [6.45, 7) is 3.16. The van der Waals surface area contributed by atoms with Crippen LogP contribution in [0.25, 0.3) is 0 Å². The van der Waals surface area contributed by atoms with Gasteiger partial charge in [-0.25, -0.2) is 0 Å². The number of hydrogen-bond donors (Lipinski definition) is 1. The van der Waals surface area contributed by atoms with Gasteiger partial charge in [0.2, 0.25) is 0 Å². The van der Waals surface area contributed by atoms with E-state index in [9.17, 15) is 0 Å². The lowest BCUT2D eigenvalue weighted by Gasteiger charge is -2.15. The molecule has 0 saturated carbocycles. The summed E-state index contributed by atoms with van der Waals surface area (Å²) in [4.78, 5) is 0. The fraction of sp³-hybridized carbons (Fsp3) is 0.333. The van der Waals surface area contributed by atoms with Crippen LogP contribution in [0.15, 0.2) is 48.5 Å². The molecule has 0 aliphatic rings. The molecule has 0 aliphatic carbocycles. The number of halogens is 1. The topological polar surface area (TPSA) is 21.3 Å². The van der Waals surface area contributed by atoms with E-state index in [1.807, 2.05) is 24.3 Å². The first-order valence-electron chi connectivity index (χ1n) is 7.31. The number of hydrogen-bond acceptors (Lipinski definition) is 2. The van der Waals surface area contributed by atoms with Crippen LogP contribution in [0.5, 0.6) is 5.75 Å². The first-order valence-corrected chi connectivity index (χ1v) is 7.68. The highest BCUT2D eigenvalue weighted by atomic mass is 35.5. The van der Waals surface area contributed by atoms with E-state index in [2.05, 4.69) is 36.5 Å². The summed E-state index contributed by atoms with van der Waals surface area (Å²) in [6.07, 6.45) is 2.17. The summed E-state index contributed by atoms with van der Waals surface area (Å²) in [5.74, 6) is 0.905. The molecule has 112 valence electrons. The van der Waals surface area contributed by atoms with E-state index in [4.69, 9.17) is 16.3 Å². The van der Waals surface area contributed by atoms with Crippen LogP contribution in [-0.4, -0.2) is 13.7 Å². The van der Waals surface area contributed by atoms with Gasteiger partial charge < -0.3 is 10.1 Å². The molecule has 2 aromatic rings. The van der Waals surface area contributed by atoms with Crippen molar-refractivity contribution in [3.63, 3.8) is 0 Å². The Hall–Kier alpha value is -1.51. The number of methoxy groups -OCH3 is 1. The van der Waals surface area contributed by atoms with Gasteiger partial charge in [-0.1, -0.05) is 35.9 Å². The van der Waals surface area contributed by atoms with Crippen LogP contribution in [-0.2, 0) is 6.42 Å². The summed E-state index contributed by atoms with van der Waals surface area (Å²) < 4.78 is 5.26. The molecule has 2 rings (SSSR count). The summed E-state index contributed by atoms with van der Waals surface area (Å²) in [6, 6.07) is 16.6. The van der Waals surface area contributed by atoms with Crippen LogP contribution in [0, 0.1) is 0 Å². The highest BCUT2D eigenvalue weighted by molar-refractivity contribution is 6.30. The molecule has 1 atom stereocenters. The van der Waals surface area contributed by atoms with Crippen molar-refractivity contribution in [2.24, 2.45) is 0 Å². The van der Waals surface area contributed by atoms with E-state index in [0.717, 1.165) is 30.2 Å². The van der Waals surface area contributed by atoms with Gasteiger partial charge in [0.25, 0.3) is 0 Å². The van der Waals surface area contributed by atoms with Crippen molar-refractivity contribution in [3.05, 3.63) is 64.7 Å². The first kappa shape index (κ1) is 15.9. The lowest BCUT2D eigenvalue weighted by Crippen LogP contribution is -2.20. The van der Waals surface area contributed by atoms with Crippen LogP contribution in [0.2, 0.25) is 5.02 Å². The Labute approximate surface area is 132 Å². The SMILES string of the molecule is COc1cccc([C@H](C)NCCCc2ccc(Cl)cc2)c1. The molecule has 0 unspecified atom stereocenters. The minimum atomic E-state index is 0.324. The van der Waals surface area contributed by atoms with Gasteiger partial charge in [-0.2, -0.15) is 0 Å². The number of rotatable bonds is 7. The predicted molar refractivity (Wildman–Crippen MR) is 89.2 cm³/mol. The molecule has 0 fully saturated rings. The standard InChI is InChI=1S/C18H22ClNO/c1-14(16-6-3-7-18(13-16)21-2)20-12-4-5-15-8-10-17(19)11-9-15/h3,6-11,13-14,20H,4-5,12H2,1-2H3/t14-/m0/s1. The van der Waals surface area contributed by atoms with Crippen LogP contribution < -0.4 is 10.1 Å². The van der Waals surface area contributed by atoms with Crippen molar-refractivity contribution >= 4 is 11.6 Å². The maximum Gasteiger partial charge on any atom is 0.119 e. The van der Waals surface area contributed by atoms with Crippen molar-refractivity contribution in [2.45, 2.75) is 25.8 Å². The quantitative estimate of drug-likeness (QED) is 0.753. The van der Waals surface area contributed by atoms with Crippen molar-refractivity contribution in [1.29, 1.82) is 0 Å². The fourth-order valence-corrected chi connectivity index (χ4v) is 2.42. The van der Waals surface area contributed by atoms with E-state index < -0.39 is 0 Å². The Morgan fingerprint density at radius 2 is 1.90 bits per heavy atom. The third-order valence-electron chi connectivity index (χ3n) is 3.60. The molecule has 2 nitrogen and oxygen atoms in total. The van der Waals surface area contributed by atoms with Gasteiger partial charge in [-0.05, 0) is 61.7 Å². The molecule has 0 heterocycles. The molecule has 0 bridgehead atoms. The van der Waals surface area contributed by atoms with E-state index in [0.29, 0.717) is 6.04 Å². The molecule has 3 heteroatoms. The zero-order valence-corrected chi connectivity index (χ0v) is 13.4. The molecular weight excluding hydrogens is 282 g/mol. The molecule has 0 aromatic heterocycles. The summed E-state index contributed by atoms with van der Waals surface area (Å²) in [5, 5.41) is 4.35. The van der Waals surface area contributed by atoms with Gasteiger partial charge in [0.05, 0.1) is 7.11 Å². The minimum Gasteiger partial charge on any atom is -0.497 e. The molecule has 0 aliphatic heterocycles. The predicted octanol–water partition coefficient (Wildman–Crippen LogP) is 4.63. The molecule has 21 heavy (non-hydrogen) atoms. The zero-order chi connectivity index (χ0) is 15.1. The second kappa shape index (κ2) is 8.06. The van der Waals surface area contributed by atoms with E-state index in [1.165, 1.54) is 11.1 Å². The van der Waals surface area contributed by atoms with Crippen molar-refractivity contribution in [1.82, 2.24) is 5.32 Å². The van der Waals surface area contributed by atoms with Gasteiger partial charge in [0.1, 0.15) is 5.75 Å². The summed E-state index contributed by atoms with van der Waals surface area (Å²) >= 11 is 5.88.